The smallest absolute Gasteiger partial charge is 0.411 e. The monoisotopic (exact) mass is 466 g/mol. The molecule has 0 heterocycles. The number of carbonyl (C=O) groups is 3. The van der Waals surface area contributed by atoms with Gasteiger partial charge in [-0.2, -0.15) is 13.2 Å². The number of amides is 2. The summed E-state index contributed by atoms with van der Waals surface area (Å²) in [5, 5.41) is 13.4. The van der Waals surface area contributed by atoms with Crippen molar-refractivity contribution in [2.24, 2.45) is 0 Å². The molecule has 0 bridgehead atoms. The van der Waals surface area contributed by atoms with E-state index >= 15 is 0 Å². The van der Waals surface area contributed by atoms with Gasteiger partial charge in [-0.25, -0.2) is 14.4 Å². The van der Waals surface area contributed by atoms with E-state index in [-0.39, 0.29) is 29.0 Å². The van der Waals surface area contributed by atoms with Crippen LogP contribution in [0, 0.1) is 0 Å². The number of aromatic carboxylic acids is 1. The maximum Gasteiger partial charge on any atom is 0.411 e. The van der Waals surface area contributed by atoms with Gasteiger partial charge in [-0.3, -0.25) is 0 Å². The molecule has 0 saturated heterocycles. The van der Waals surface area contributed by atoms with Gasteiger partial charge in [0, 0.05) is 0 Å². The highest BCUT2D eigenvalue weighted by Crippen LogP contribution is 2.48. The second-order valence-electron chi connectivity index (χ2n) is 8.05. The van der Waals surface area contributed by atoms with Crippen molar-refractivity contribution in [2.75, 3.05) is 6.61 Å². The second kappa shape index (κ2) is 8.81. The van der Waals surface area contributed by atoms with Crippen LogP contribution in [0.5, 0.6) is 0 Å². The summed E-state index contributed by atoms with van der Waals surface area (Å²) in [7, 11) is 0. The molecule has 1 fully saturated rings. The lowest BCUT2D eigenvalue weighted by molar-refractivity contribution is -0.164. The standard InChI is InChI=1S/C19H22ClF3N2O6/c1-17(2,3)31-15(28)24-13(10-4-5-12(20)11(8-10)14(26)27)9-30-16(29)25-18(6-7-18)19(21,22)23/h4-5,8,13H,6-7,9H2,1-3H3,(H,24,28)(H,25,29)(H,26,27). The lowest BCUT2D eigenvalue weighted by Gasteiger charge is -2.25. The molecule has 1 atom stereocenters. The largest absolute Gasteiger partial charge is 0.478 e. The summed E-state index contributed by atoms with van der Waals surface area (Å²) in [6.07, 6.45) is -7.36. The van der Waals surface area contributed by atoms with Gasteiger partial charge in [-0.1, -0.05) is 17.7 Å². The van der Waals surface area contributed by atoms with E-state index in [4.69, 9.17) is 21.1 Å². The fraction of sp³-hybridized carbons (Fsp3) is 0.526. The third kappa shape index (κ3) is 6.65. The number of benzene rings is 1. The number of carboxylic acids is 1. The third-order valence-corrected chi connectivity index (χ3v) is 4.66. The number of nitrogens with one attached hydrogen (secondary N) is 2. The molecule has 0 spiro atoms. The van der Waals surface area contributed by atoms with E-state index in [1.54, 1.807) is 26.1 Å². The van der Waals surface area contributed by atoms with Crippen LogP contribution in [-0.4, -0.2) is 47.2 Å². The summed E-state index contributed by atoms with van der Waals surface area (Å²) in [5.74, 6) is -1.33. The van der Waals surface area contributed by atoms with Crippen LogP contribution >= 0.6 is 11.6 Å². The first-order valence-corrected chi connectivity index (χ1v) is 9.55. The topological polar surface area (TPSA) is 114 Å². The minimum Gasteiger partial charge on any atom is -0.478 e. The summed E-state index contributed by atoms with van der Waals surface area (Å²) in [6.45, 7) is 4.26. The number of carboxylic acid groups (broad SMARTS) is 1. The SMILES string of the molecule is CC(C)(C)OC(=O)NC(COC(=O)NC1(C(F)(F)F)CC1)c1ccc(Cl)c(C(=O)O)c1. The van der Waals surface area contributed by atoms with Crippen molar-refractivity contribution in [1.82, 2.24) is 10.6 Å². The van der Waals surface area contributed by atoms with Gasteiger partial charge in [0.1, 0.15) is 17.7 Å². The molecule has 2 rings (SSSR count). The first-order valence-electron chi connectivity index (χ1n) is 9.17. The number of rotatable bonds is 6. The van der Waals surface area contributed by atoms with Crippen LogP contribution in [0.15, 0.2) is 18.2 Å². The number of alkyl carbamates (subject to hydrolysis) is 2. The molecular formula is C19H22ClF3N2O6. The molecule has 172 valence electrons. The Kier molecular flexibility index (Phi) is 6.99. The highest BCUT2D eigenvalue weighted by Gasteiger charge is 2.64. The van der Waals surface area contributed by atoms with Crippen molar-refractivity contribution in [2.45, 2.75) is 57.0 Å². The lowest BCUT2D eigenvalue weighted by atomic mass is 10.0. The Morgan fingerprint density at radius 1 is 1.19 bits per heavy atom. The van der Waals surface area contributed by atoms with Crippen molar-refractivity contribution in [3.8, 4) is 0 Å². The quantitative estimate of drug-likeness (QED) is 0.571. The van der Waals surface area contributed by atoms with E-state index in [2.05, 4.69) is 5.32 Å². The minimum atomic E-state index is -4.62. The fourth-order valence-corrected chi connectivity index (χ4v) is 2.79. The van der Waals surface area contributed by atoms with Gasteiger partial charge in [0.15, 0.2) is 0 Å². The molecule has 3 N–H and O–H groups in total. The number of hydrogen-bond donors (Lipinski definition) is 3. The van der Waals surface area contributed by atoms with Crippen molar-refractivity contribution in [3.63, 3.8) is 0 Å². The summed E-state index contributed by atoms with van der Waals surface area (Å²) < 4.78 is 49.0. The predicted octanol–water partition coefficient (Wildman–Crippen LogP) is 4.43. The van der Waals surface area contributed by atoms with Gasteiger partial charge in [-0.05, 0) is 51.3 Å². The van der Waals surface area contributed by atoms with Crippen molar-refractivity contribution >= 4 is 29.8 Å². The average Bonchev–Trinajstić information content (AvgIpc) is 3.38. The van der Waals surface area contributed by atoms with E-state index in [1.807, 2.05) is 0 Å². The van der Waals surface area contributed by atoms with Gasteiger partial charge in [-0.15, -0.1) is 0 Å². The van der Waals surface area contributed by atoms with Gasteiger partial charge in [0.05, 0.1) is 16.6 Å². The molecule has 0 radical (unpaired) electrons. The molecule has 1 saturated carbocycles. The minimum absolute atomic E-state index is 0.0632. The predicted molar refractivity (Wildman–Crippen MR) is 103 cm³/mol. The van der Waals surface area contributed by atoms with Gasteiger partial charge >= 0.3 is 24.3 Å². The van der Waals surface area contributed by atoms with Crippen LogP contribution < -0.4 is 10.6 Å². The second-order valence-corrected chi connectivity index (χ2v) is 8.45. The summed E-state index contributed by atoms with van der Waals surface area (Å²) in [4.78, 5) is 35.4. The van der Waals surface area contributed by atoms with Gasteiger partial charge < -0.3 is 25.2 Å². The Balaban J connectivity index is 2.16. The number of carbonyl (C=O) groups excluding carboxylic acids is 2. The molecule has 2 amide bonds. The van der Waals surface area contributed by atoms with Crippen LogP contribution in [0.1, 0.15) is 55.6 Å². The summed E-state index contributed by atoms with van der Waals surface area (Å²) in [5.41, 5.74) is -3.25. The Hall–Kier alpha value is -2.69. The number of hydrogen-bond acceptors (Lipinski definition) is 5. The zero-order chi connectivity index (χ0) is 23.6. The van der Waals surface area contributed by atoms with E-state index in [1.165, 1.54) is 12.1 Å². The van der Waals surface area contributed by atoms with E-state index in [0.717, 1.165) is 6.07 Å². The first kappa shape index (κ1) is 24.6. The van der Waals surface area contributed by atoms with E-state index in [0.29, 0.717) is 0 Å². The molecule has 1 unspecified atom stereocenters. The normalized spacial score (nSPS) is 16.1. The molecule has 1 aliphatic carbocycles. The first-order chi connectivity index (χ1) is 14.1. The molecule has 0 aliphatic heterocycles. The zero-order valence-electron chi connectivity index (χ0n) is 16.9. The maximum absolute atomic E-state index is 13.0. The Labute approximate surface area is 181 Å². The third-order valence-electron chi connectivity index (χ3n) is 4.33. The highest BCUT2D eigenvalue weighted by atomic mass is 35.5. The summed E-state index contributed by atoms with van der Waals surface area (Å²) in [6, 6.07) is 2.70. The fourth-order valence-electron chi connectivity index (χ4n) is 2.59. The number of alkyl halides is 3. The molecule has 1 aromatic rings. The molecule has 31 heavy (non-hydrogen) atoms. The highest BCUT2D eigenvalue weighted by molar-refractivity contribution is 6.33. The van der Waals surface area contributed by atoms with Crippen LogP contribution in [0.3, 0.4) is 0 Å². The zero-order valence-corrected chi connectivity index (χ0v) is 17.7. The van der Waals surface area contributed by atoms with E-state index in [9.17, 15) is 32.7 Å². The molecule has 0 aromatic heterocycles. The molecule has 1 aliphatic rings. The van der Waals surface area contributed by atoms with Gasteiger partial charge in [0.2, 0.25) is 0 Å². The molecular weight excluding hydrogens is 445 g/mol. The van der Waals surface area contributed by atoms with Crippen molar-refractivity contribution < 1.29 is 42.1 Å². The van der Waals surface area contributed by atoms with Crippen LogP contribution in [0.2, 0.25) is 5.02 Å². The van der Waals surface area contributed by atoms with Crippen molar-refractivity contribution in [3.05, 3.63) is 34.3 Å². The Morgan fingerprint density at radius 3 is 2.29 bits per heavy atom. The maximum atomic E-state index is 13.0. The Morgan fingerprint density at radius 2 is 1.81 bits per heavy atom. The van der Waals surface area contributed by atoms with Crippen molar-refractivity contribution in [1.29, 1.82) is 0 Å². The average molecular weight is 467 g/mol. The van der Waals surface area contributed by atoms with Crippen LogP contribution in [-0.2, 0) is 9.47 Å². The van der Waals surface area contributed by atoms with Crippen LogP contribution in [0.25, 0.3) is 0 Å². The molecule has 1 aromatic carbocycles. The number of ether oxygens (including phenoxy) is 2. The summed E-state index contributed by atoms with van der Waals surface area (Å²) >= 11 is 5.84. The van der Waals surface area contributed by atoms with Crippen LogP contribution in [0.4, 0.5) is 22.8 Å². The molecule has 8 nitrogen and oxygen atoms in total. The molecule has 12 heteroatoms. The lowest BCUT2D eigenvalue weighted by Crippen LogP contribution is -2.48. The number of halogens is 4. The van der Waals surface area contributed by atoms with E-state index < -0.39 is 48.1 Å². The van der Waals surface area contributed by atoms with Gasteiger partial charge in [0.25, 0.3) is 0 Å². The Bertz CT molecular complexity index is 865.